The van der Waals surface area contributed by atoms with Crippen LogP contribution in [0, 0.1) is 0 Å². The first-order chi connectivity index (χ1) is 10.1. The van der Waals surface area contributed by atoms with Crippen molar-refractivity contribution in [1.82, 2.24) is 10.0 Å². The second-order valence-corrected chi connectivity index (χ2v) is 7.15. The third-order valence-corrected chi connectivity index (χ3v) is 5.39. The van der Waals surface area contributed by atoms with E-state index in [2.05, 4.69) is 10.0 Å². The van der Waals surface area contributed by atoms with Gasteiger partial charge in [-0.1, -0.05) is 25.3 Å². The van der Waals surface area contributed by atoms with Gasteiger partial charge >= 0.3 is 0 Å². The van der Waals surface area contributed by atoms with Gasteiger partial charge in [0.15, 0.2) is 0 Å². The summed E-state index contributed by atoms with van der Waals surface area (Å²) >= 11 is 0. The Bertz CT molecular complexity index is 566. The summed E-state index contributed by atoms with van der Waals surface area (Å²) in [6.07, 6.45) is 5.20. The average Bonchev–Trinajstić information content (AvgIpc) is 2.48. The predicted octanol–water partition coefficient (Wildman–Crippen LogP) is 2.03. The van der Waals surface area contributed by atoms with Crippen molar-refractivity contribution >= 4 is 10.0 Å². The molecule has 1 saturated carbocycles. The number of nitrogens with one attached hydrogen (secondary N) is 2. The topological polar surface area (TPSA) is 67.4 Å². The summed E-state index contributed by atoms with van der Waals surface area (Å²) in [7, 11) is -0.183. The second kappa shape index (κ2) is 7.24. The number of ether oxygens (including phenoxy) is 1. The summed E-state index contributed by atoms with van der Waals surface area (Å²) in [6.45, 7) is 0.673. The van der Waals surface area contributed by atoms with E-state index < -0.39 is 10.0 Å². The first-order valence-electron chi connectivity index (χ1n) is 7.40. The van der Waals surface area contributed by atoms with Gasteiger partial charge in [-0.3, -0.25) is 0 Å². The van der Waals surface area contributed by atoms with E-state index in [9.17, 15) is 8.42 Å². The zero-order chi connectivity index (χ0) is 15.3. The Kier molecular flexibility index (Phi) is 5.61. The Hall–Kier alpha value is -1.11. The minimum Gasteiger partial charge on any atom is -0.495 e. The van der Waals surface area contributed by atoms with Crippen LogP contribution in [0.4, 0.5) is 0 Å². The molecule has 0 bridgehead atoms. The molecule has 0 amide bonds. The first-order valence-corrected chi connectivity index (χ1v) is 8.89. The maximum Gasteiger partial charge on any atom is 0.244 e. The Labute approximate surface area is 127 Å². The zero-order valence-corrected chi connectivity index (χ0v) is 13.5. The Morgan fingerprint density at radius 1 is 1.24 bits per heavy atom. The lowest BCUT2D eigenvalue weighted by Crippen LogP contribution is -2.36. The van der Waals surface area contributed by atoms with Gasteiger partial charge in [-0.05, 0) is 37.6 Å². The van der Waals surface area contributed by atoms with Crippen molar-refractivity contribution < 1.29 is 13.2 Å². The number of benzene rings is 1. The smallest absolute Gasteiger partial charge is 0.244 e. The van der Waals surface area contributed by atoms with Gasteiger partial charge in [0.1, 0.15) is 10.6 Å². The molecular weight excluding hydrogens is 288 g/mol. The maximum absolute atomic E-state index is 12.5. The number of sulfonamides is 1. The largest absolute Gasteiger partial charge is 0.495 e. The van der Waals surface area contributed by atoms with Crippen LogP contribution in [0.3, 0.4) is 0 Å². The van der Waals surface area contributed by atoms with Crippen molar-refractivity contribution in [3.63, 3.8) is 0 Å². The quantitative estimate of drug-likeness (QED) is 0.843. The van der Waals surface area contributed by atoms with Crippen molar-refractivity contribution in [2.45, 2.75) is 49.6 Å². The Morgan fingerprint density at radius 2 is 1.95 bits per heavy atom. The Balaban J connectivity index is 2.21. The molecular formula is C15H24N2O3S. The standard InChI is InChI=1S/C15H24N2O3S/c1-16-11-12-8-9-15(14(10-12)20-2)21(18,19)17-13-6-4-3-5-7-13/h8-10,13,16-17H,3-7,11H2,1-2H3. The molecule has 21 heavy (non-hydrogen) atoms. The molecule has 0 saturated heterocycles. The molecule has 2 rings (SSSR count). The summed E-state index contributed by atoms with van der Waals surface area (Å²) in [5, 5.41) is 3.04. The average molecular weight is 312 g/mol. The molecule has 1 fully saturated rings. The van der Waals surface area contributed by atoms with Gasteiger partial charge in [-0.25, -0.2) is 13.1 Å². The van der Waals surface area contributed by atoms with E-state index in [0.29, 0.717) is 12.3 Å². The van der Waals surface area contributed by atoms with Gasteiger partial charge in [-0.15, -0.1) is 0 Å². The number of hydrogen-bond acceptors (Lipinski definition) is 4. The van der Waals surface area contributed by atoms with Crippen molar-refractivity contribution in [3.8, 4) is 5.75 Å². The highest BCUT2D eigenvalue weighted by atomic mass is 32.2. The highest BCUT2D eigenvalue weighted by molar-refractivity contribution is 7.89. The highest BCUT2D eigenvalue weighted by Crippen LogP contribution is 2.27. The molecule has 1 aliphatic carbocycles. The monoisotopic (exact) mass is 312 g/mol. The summed E-state index contributed by atoms with van der Waals surface area (Å²) in [5.74, 6) is 0.394. The molecule has 1 aliphatic rings. The van der Waals surface area contributed by atoms with Gasteiger partial charge in [0.25, 0.3) is 0 Å². The number of hydrogen-bond donors (Lipinski definition) is 2. The fourth-order valence-corrected chi connectivity index (χ4v) is 4.21. The van der Waals surface area contributed by atoms with Crippen LogP contribution >= 0.6 is 0 Å². The molecule has 2 N–H and O–H groups in total. The molecule has 0 aliphatic heterocycles. The highest BCUT2D eigenvalue weighted by Gasteiger charge is 2.24. The van der Waals surface area contributed by atoms with Crippen LogP contribution in [0.5, 0.6) is 5.75 Å². The molecule has 0 spiro atoms. The van der Waals surface area contributed by atoms with Crippen molar-refractivity contribution in [3.05, 3.63) is 23.8 Å². The van der Waals surface area contributed by atoms with Crippen LogP contribution in [0.1, 0.15) is 37.7 Å². The fourth-order valence-electron chi connectivity index (χ4n) is 2.75. The molecule has 0 atom stereocenters. The normalized spacial score (nSPS) is 16.9. The molecule has 6 heteroatoms. The van der Waals surface area contributed by atoms with Crippen molar-refractivity contribution in [2.24, 2.45) is 0 Å². The summed E-state index contributed by atoms with van der Waals surface area (Å²) in [4.78, 5) is 0.218. The second-order valence-electron chi connectivity index (χ2n) is 5.47. The molecule has 0 radical (unpaired) electrons. The number of methoxy groups -OCH3 is 1. The van der Waals surface area contributed by atoms with Crippen molar-refractivity contribution in [2.75, 3.05) is 14.2 Å². The lowest BCUT2D eigenvalue weighted by atomic mass is 9.96. The lowest BCUT2D eigenvalue weighted by molar-refractivity contribution is 0.396. The van der Waals surface area contributed by atoms with Crippen LogP contribution in [0.2, 0.25) is 0 Å². The first kappa shape index (κ1) is 16.3. The number of rotatable bonds is 6. The van der Waals surface area contributed by atoms with Crippen LogP contribution in [0.25, 0.3) is 0 Å². The van der Waals surface area contributed by atoms with E-state index in [1.165, 1.54) is 13.5 Å². The summed E-state index contributed by atoms with van der Waals surface area (Å²) < 4.78 is 33.2. The van der Waals surface area contributed by atoms with Crippen LogP contribution in [-0.4, -0.2) is 28.6 Å². The summed E-state index contributed by atoms with van der Waals surface area (Å²) in [5.41, 5.74) is 0.992. The van der Waals surface area contributed by atoms with Crippen LogP contribution in [-0.2, 0) is 16.6 Å². The minimum absolute atomic E-state index is 0.0467. The Morgan fingerprint density at radius 3 is 2.57 bits per heavy atom. The molecule has 0 aromatic heterocycles. The van der Waals surface area contributed by atoms with Gasteiger partial charge in [0, 0.05) is 12.6 Å². The van der Waals surface area contributed by atoms with Crippen LogP contribution < -0.4 is 14.8 Å². The van der Waals surface area contributed by atoms with Gasteiger partial charge in [0.2, 0.25) is 10.0 Å². The SMILES string of the molecule is CNCc1ccc(S(=O)(=O)NC2CCCCC2)c(OC)c1. The minimum atomic E-state index is -3.53. The van der Waals surface area contributed by atoms with E-state index in [1.54, 1.807) is 12.1 Å². The lowest BCUT2D eigenvalue weighted by Gasteiger charge is -2.23. The van der Waals surface area contributed by atoms with E-state index in [0.717, 1.165) is 31.2 Å². The molecule has 1 aromatic rings. The van der Waals surface area contributed by atoms with Gasteiger partial charge in [-0.2, -0.15) is 0 Å². The van der Waals surface area contributed by atoms with Gasteiger partial charge < -0.3 is 10.1 Å². The van der Waals surface area contributed by atoms with Gasteiger partial charge in [0.05, 0.1) is 7.11 Å². The maximum atomic E-state index is 12.5. The predicted molar refractivity (Wildman–Crippen MR) is 83.0 cm³/mol. The third-order valence-electron chi connectivity index (χ3n) is 3.83. The zero-order valence-electron chi connectivity index (χ0n) is 12.7. The fraction of sp³-hybridized carbons (Fsp3) is 0.600. The summed E-state index contributed by atoms with van der Waals surface area (Å²) in [6, 6.07) is 5.25. The molecule has 1 aromatic carbocycles. The molecule has 0 heterocycles. The van der Waals surface area contributed by atoms with E-state index in [4.69, 9.17) is 4.74 Å². The van der Waals surface area contributed by atoms with E-state index >= 15 is 0 Å². The van der Waals surface area contributed by atoms with Crippen molar-refractivity contribution in [1.29, 1.82) is 0 Å². The molecule has 0 unspecified atom stereocenters. The van der Waals surface area contributed by atoms with Crippen LogP contribution in [0.15, 0.2) is 23.1 Å². The molecule has 5 nitrogen and oxygen atoms in total. The molecule has 118 valence electrons. The van der Waals surface area contributed by atoms with E-state index in [1.807, 2.05) is 13.1 Å². The van der Waals surface area contributed by atoms with E-state index in [-0.39, 0.29) is 10.9 Å². The third kappa shape index (κ3) is 4.18.